The lowest BCUT2D eigenvalue weighted by atomic mass is 10.2. The van der Waals surface area contributed by atoms with Gasteiger partial charge in [-0.05, 0) is 46.2 Å². The number of aryl methyl sites for hydroxylation is 1. The van der Waals surface area contributed by atoms with E-state index in [4.69, 9.17) is 5.26 Å². The number of nitrogens with zero attached hydrogens (tertiary/aromatic N) is 2. The highest BCUT2D eigenvalue weighted by atomic mass is 79.9. The number of benzene rings is 1. The summed E-state index contributed by atoms with van der Waals surface area (Å²) in [5.41, 5.74) is 0.638. The monoisotopic (exact) mass is 367 g/mol. The quantitative estimate of drug-likeness (QED) is 0.837. The van der Waals surface area contributed by atoms with Gasteiger partial charge in [-0.15, -0.1) is 0 Å². The first-order valence-electron chi connectivity index (χ1n) is 6.21. The number of rotatable bonds is 4. The molecule has 0 atom stereocenters. The number of H-pyrrole nitrogens is 1. The Bertz CT molecular complexity index is 770. The number of hydrogen-bond acceptors (Lipinski definition) is 4. The Labute approximate surface area is 133 Å². The Morgan fingerprint density at radius 2 is 2.29 bits per heavy atom. The minimum absolute atomic E-state index is 0.113. The predicted molar refractivity (Wildman–Crippen MR) is 81.8 cm³/mol. The second-order valence-electron chi connectivity index (χ2n) is 4.24. The maximum Gasteiger partial charge on any atom is 0.251 e. The van der Waals surface area contributed by atoms with Crippen LogP contribution >= 0.6 is 27.7 Å². The van der Waals surface area contributed by atoms with Crippen molar-refractivity contribution in [3.63, 3.8) is 0 Å². The zero-order chi connectivity index (χ0) is 15.4. The van der Waals surface area contributed by atoms with Crippen LogP contribution in [0, 0.1) is 17.1 Å². The molecule has 2 aromatic rings. The first kappa shape index (κ1) is 15.7. The Morgan fingerprint density at radius 3 is 2.95 bits per heavy atom. The standard InChI is InChI=1S/C14H11BrFN3OS/c1-2-3-9-6-11(20)19-14(18-9)21-10-5-4-8(7-17)12(15)13(10)16/h4-6H,2-3H2,1H3,(H,18,19,20). The van der Waals surface area contributed by atoms with Crippen molar-refractivity contribution in [2.24, 2.45) is 0 Å². The summed E-state index contributed by atoms with van der Waals surface area (Å²) in [7, 11) is 0. The lowest BCUT2D eigenvalue weighted by Crippen LogP contribution is -2.10. The van der Waals surface area contributed by atoms with Crippen LogP contribution in [0.25, 0.3) is 0 Å². The highest BCUT2D eigenvalue weighted by Gasteiger charge is 2.13. The van der Waals surface area contributed by atoms with Crippen LogP contribution in [-0.2, 0) is 6.42 Å². The lowest BCUT2D eigenvalue weighted by molar-refractivity contribution is 0.594. The van der Waals surface area contributed by atoms with E-state index in [-0.39, 0.29) is 20.5 Å². The highest BCUT2D eigenvalue weighted by molar-refractivity contribution is 9.10. The van der Waals surface area contributed by atoms with Gasteiger partial charge >= 0.3 is 0 Å². The molecule has 1 N–H and O–H groups in total. The molecule has 0 saturated carbocycles. The number of halogens is 2. The molecule has 0 aliphatic carbocycles. The lowest BCUT2D eigenvalue weighted by Gasteiger charge is -2.06. The molecule has 108 valence electrons. The van der Waals surface area contributed by atoms with Gasteiger partial charge in [-0.2, -0.15) is 5.26 Å². The third-order valence-electron chi connectivity index (χ3n) is 2.65. The number of nitrogens with one attached hydrogen (secondary N) is 1. The van der Waals surface area contributed by atoms with Crippen molar-refractivity contribution < 1.29 is 4.39 Å². The summed E-state index contributed by atoms with van der Waals surface area (Å²) >= 11 is 4.08. The minimum Gasteiger partial charge on any atom is -0.301 e. The molecule has 0 bridgehead atoms. The van der Waals surface area contributed by atoms with E-state index in [9.17, 15) is 9.18 Å². The van der Waals surface area contributed by atoms with Gasteiger partial charge in [-0.1, -0.05) is 13.3 Å². The van der Waals surface area contributed by atoms with Crippen molar-refractivity contribution in [1.82, 2.24) is 9.97 Å². The van der Waals surface area contributed by atoms with Crippen LogP contribution in [0.2, 0.25) is 0 Å². The molecular weight excluding hydrogens is 357 g/mol. The maximum absolute atomic E-state index is 14.1. The van der Waals surface area contributed by atoms with Crippen molar-refractivity contribution in [2.75, 3.05) is 0 Å². The Hall–Kier alpha value is -1.65. The third-order valence-corrected chi connectivity index (χ3v) is 4.35. The van der Waals surface area contributed by atoms with Gasteiger partial charge in [0.2, 0.25) is 0 Å². The van der Waals surface area contributed by atoms with E-state index < -0.39 is 5.82 Å². The fourth-order valence-corrected chi connectivity index (χ4v) is 3.13. The van der Waals surface area contributed by atoms with Crippen molar-refractivity contribution in [1.29, 1.82) is 5.26 Å². The van der Waals surface area contributed by atoms with Crippen LogP contribution in [0.5, 0.6) is 0 Å². The molecule has 0 amide bonds. The van der Waals surface area contributed by atoms with E-state index in [0.717, 1.165) is 18.2 Å². The van der Waals surface area contributed by atoms with Gasteiger partial charge in [0.1, 0.15) is 6.07 Å². The first-order chi connectivity index (χ1) is 10.0. The largest absolute Gasteiger partial charge is 0.301 e. The fraction of sp³-hybridized carbons (Fsp3) is 0.214. The Kier molecular flexibility index (Phi) is 5.15. The summed E-state index contributed by atoms with van der Waals surface area (Å²) in [6.07, 6.45) is 1.56. The molecule has 21 heavy (non-hydrogen) atoms. The molecule has 0 spiro atoms. The Balaban J connectivity index is 2.37. The summed E-state index contributed by atoms with van der Waals surface area (Å²) in [6, 6.07) is 6.35. The second-order valence-corrected chi connectivity index (χ2v) is 6.07. The molecule has 0 fully saturated rings. The summed E-state index contributed by atoms with van der Waals surface area (Å²) in [5, 5.41) is 9.18. The number of aromatic nitrogens is 2. The molecule has 0 saturated heterocycles. The molecular formula is C14H11BrFN3OS. The van der Waals surface area contributed by atoms with Crippen LogP contribution in [0.3, 0.4) is 0 Å². The highest BCUT2D eigenvalue weighted by Crippen LogP contribution is 2.32. The second kappa shape index (κ2) is 6.87. The van der Waals surface area contributed by atoms with E-state index in [2.05, 4.69) is 25.9 Å². The summed E-state index contributed by atoms with van der Waals surface area (Å²) in [4.78, 5) is 18.7. The van der Waals surface area contributed by atoms with Crippen LogP contribution in [0.15, 0.2) is 37.5 Å². The number of aromatic amines is 1. The normalized spacial score (nSPS) is 10.4. The zero-order valence-electron chi connectivity index (χ0n) is 11.1. The van der Waals surface area contributed by atoms with E-state index in [0.29, 0.717) is 17.3 Å². The number of nitriles is 1. The van der Waals surface area contributed by atoms with E-state index in [1.165, 1.54) is 18.2 Å². The van der Waals surface area contributed by atoms with Gasteiger partial charge in [0.15, 0.2) is 11.0 Å². The van der Waals surface area contributed by atoms with Crippen LogP contribution < -0.4 is 5.56 Å². The summed E-state index contributed by atoms with van der Waals surface area (Å²) < 4.78 is 14.3. The average Bonchev–Trinajstić information content (AvgIpc) is 2.44. The van der Waals surface area contributed by atoms with Gasteiger partial charge in [-0.3, -0.25) is 4.79 Å². The van der Waals surface area contributed by atoms with Crippen LogP contribution in [-0.4, -0.2) is 9.97 Å². The molecule has 4 nitrogen and oxygen atoms in total. The predicted octanol–water partition coefficient (Wildman–Crippen LogP) is 3.65. The molecule has 7 heteroatoms. The summed E-state index contributed by atoms with van der Waals surface area (Å²) in [5.74, 6) is -0.539. The molecule has 0 aliphatic heterocycles. The van der Waals surface area contributed by atoms with Crippen LogP contribution in [0.1, 0.15) is 24.6 Å². The molecule has 1 aromatic heterocycles. The molecule has 1 aromatic carbocycles. The zero-order valence-corrected chi connectivity index (χ0v) is 13.5. The van der Waals surface area contributed by atoms with Gasteiger partial charge in [0.25, 0.3) is 5.56 Å². The topological polar surface area (TPSA) is 69.5 Å². The number of hydrogen-bond donors (Lipinski definition) is 1. The van der Waals surface area contributed by atoms with Gasteiger partial charge in [0, 0.05) is 11.8 Å². The van der Waals surface area contributed by atoms with E-state index in [1.807, 2.05) is 13.0 Å². The average molecular weight is 368 g/mol. The fourth-order valence-electron chi connectivity index (χ4n) is 1.72. The van der Waals surface area contributed by atoms with Crippen molar-refractivity contribution in [3.05, 3.63) is 50.1 Å². The molecule has 0 radical (unpaired) electrons. The van der Waals surface area contributed by atoms with Crippen LogP contribution in [0.4, 0.5) is 4.39 Å². The molecule has 1 heterocycles. The molecule has 0 aliphatic rings. The van der Waals surface area contributed by atoms with E-state index in [1.54, 1.807) is 0 Å². The van der Waals surface area contributed by atoms with Gasteiger partial charge in [-0.25, -0.2) is 9.37 Å². The smallest absolute Gasteiger partial charge is 0.251 e. The minimum atomic E-state index is -0.539. The SMILES string of the molecule is CCCc1cc(=O)[nH]c(Sc2ccc(C#N)c(Br)c2F)n1. The van der Waals surface area contributed by atoms with Crippen molar-refractivity contribution in [2.45, 2.75) is 29.8 Å². The third kappa shape index (κ3) is 3.71. The maximum atomic E-state index is 14.1. The Morgan fingerprint density at radius 1 is 1.52 bits per heavy atom. The van der Waals surface area contributed by atoms with E-state index >= 15 is 0 Å². The van der Waals surface area contributed by atoms with Crippen molar-refractivity contribution >= 4 is 27.7 Å². The first-order valence-corrected chi connectivity index (χ1v) is 7.82. The summed E-state index contributed by atoms with van der Waals surface area (Å²) in [6.45, 7) is 1.99. The van der Waals surface area contributed by atoms with Gasteiger partial charge < -0.3 is 4.98 Å². The van der Waals surface area contributed by atoms with Crippen molar-refractivity contribution in [3.8, 4) is 6.07 Å². The molecule has 0 unspecified atom stereocenters. The van der Waals surface area contributed by atoms with Gasteiger partial charge in [0.05, 0.1) is 14.9 Å². The molecule has 2 rings (SSSR count).